The van der Waals surface area contributed by atoms with Gasteiger partial charge in [-0.15, -0.1) is 0 Å². The third-order valence-electron chi connectivity index (χ3n) is 4.12. The first-order chi connectivity index (χ1) is 6.69. The molecule has 0 aromatic carbocycles. The van der Waals surface area contributed by atoms with E-state index in [1.807, 2.05) is 0 Å². The van der Waals surface area contributed by atoms with Gasteiger partial charge >= 0.3 is 0 Å². The molecule has 2 fully saturated rings. The van der Waals surface area contributed by atoms with Crippen LogP contribution in [0.4, 0.5) is 0 Å². The van der Waals surface area contributed by atoms with Gasteiger partial charge in [-0.2, -0.15) is 0 Å². The molecule has 0 radical (unpaired) electrons. The fourth-order valence-electron chi connectivity index (χ4n) is 2.60. The Morgan fingerprint density at radius 3 is 2.57 bits per heavy atom. The van der Waals surface area contributed by atoms with Crippen LogP contribution in [-0.2, 0) is 4.74 Å². The highest BCUT2D eigenvalue weighted by Crippen LogP contribution is 2.43. The molecule has 0 aromatic heterocycles. The summed E-state index contributed by atoms with van der Waals surface area (Å²) in [5, 5.41) is 9.46. The van der Waals surface area contributed by atoms with E-state index >= 15 is 0 Å². The van der Waals surface area contributed by atoms with Crippen molar-refractivity contribution in [3.05, 3.63) is 0 Å². The highest BCUT2D eigenvalue weighted by molar-refractivity contribution is 5.07. The number of morpholine rings is 1. The van der Waals surface area contributed by atoms with Gasteiger partial charge in [-0.25, -0.2) is 0 Å². The standard InChI is InChI=1S/C10H20N2O2/c1-12-9(3-2-4-9)7-14-8-10(12,5-11)6-13/h13H,2-8,11H2,1H3/t10-/m0/s1. The molecular formula is C10H20N2O2. The maximum Gasteiger partial charge on any atom is 0.0802 e. The van der Waals surface area contributed by atoms with E-state index in [2.05, 4.69) is 11.9 Å². The lowest BCUT2D eigenvalue weighted by Gasteiger charge is -2.59. The van der Waals surface area contributed by atoms with Crippen molar-refractivity contribution in [2.45, 2.75) is 30.3 Å². The zero-order valence-corrected chi connectivity index (χ0v) is 8.83. The molecule has 0 bridgehead atoms. The summed E-state index contributed by atoms with van der Waals surface area (Å²) < 4.78 is 5.61. The van der Waals surface area contributed by atoms with E-state index in [-0.39, 0.29) is 17.7 Å². The minimum atomic E-state index is -0.349. The van der Waals surface area contributed by atoms with E-state index in [0.29, 0.717) is 13.2 Å². The predicted molar refractivity (Wildman–Crippen MR) is 54.0 cm³/mol. The highest BCUT2D eigenvalue weighted by Gasteiger charge is 2.52. The van der Waals surface area contributed by atoms with Crippen molar-refractivity contribution >= 4 is 0 Å². The van der Waals surface area contributed by atoms with Crippen LogP contribution >= 0.6 is 0 Å². The minimum absolute atomic E-state index is 0.0851. The van der Waals surface area contributed by atoms with Crippen LogP contribution < -0.4 is 5.73 Å². The van der Waals surface area contributed by atoms with Gasteiger partial charge in [0.2, 0.25) is 0 Å². The van der Waals surface area contributed by atoms with E-state index in [1.54, 1.807) is 0 Å². The summed E-state index contributed by atoms with van der Waals surface area (Å²) in [6.45, 7) is 1.90. The van der Waals surface area contributed by atoms with Crippen molar-refractivity contribution < 1.29 is 9.84 Å². The van der Waals surface area contributed by atoms with Crippen LogP contribution in [0.3, 0.4) is 0 Å². The molecule has 1 aliphatic heterocycles. The first-order valence-corrected chi connectivity index (χ1v) is 5.32. The average Bonchev–Trinajstić information content (AvgIpc) is 2.16. The van der Waals surface area contributed by atoms with Gasteiger partial charge in [-0.3, -0.25) is 4.90 Å². The molecule has 0 amide bonds. The molecule has 82 valence electrons. The number of hydrogen-bond acceptors (Lipinski definition) is 4. The van der Waals surface area contributed by atoms with Crippen molar-refractivity contribution in [2.24, 2.45) is 5.73 Å². The van der Waals surface area contributed by atoms with Crippen LogP contribution in [-0.4, -0.2) is 54.5 Å². The molecule has 1 atom stereocenters. The lowest BCUT2D eigenvalue weighted by Crippen LogP contribution is -2.72. The Labute approximate surface area is 85.0 Å². The van der Waals surface area contributed by atoms with Crippen molar-refractivity contribution in [3.63, 3.8) is 0 Å². The van der Waals surface area contributed by atoms with Crippen molar-refractivity contribution in [1.29, 1.82) is 0 Å². The maximum atomic E-state index is 9.46. The Hall–Kier alpha value is -0.160. The second kappa shape index (κ2) is 3.45. The van der Waals surface area contributed by atoms with Crippen molar-refractivity contribution in [3.8, 4) is 0 Å². The monoisotopic (exact) mass is 200 g/mol. The molecule has 0 unspecified atom stereocenters. The quantitative estimate of drug-likeness (QED) is 0.634. The lowest BCUT2D eigenvalue weighted by molar-refractivity contribution is -0.177. The molecule has 0 aromatic rings. The largest absolute Gasteiger partial charge is 0.394 e. The number of hydrogen-bond donors (Lipinski definition) is 2. The molecule has 2 rings (SSSR count). The molecule has 14 heavy (non-hydrogen) atoms. The molecular weight excluding hydrogens is 180 g/mol. The molecule has 1 heterocycles. The maximum absolute atomic E-state index is 9.46. The summed E-state index contributed by atoms with van der Waals surface area (Å²) >= 11 is 0. The van der Waals surface area contributed by atoms with Gasteiger partial charge in [0.05, 0.1) is 25.4 Å². The molecule has 1 saturated carbocycles. The third kappa shape index (κ3) is 1.21. The Bertz CT molecular complexity index is 212. The molecule has 4 heteroatoms. The van der Waals surface area contributed by atoms with Gasteiger partial charge in [0.1, 0.15) is 0 Å². The highest BCUT2D eigenvalue weighted by atomic mass is 16.5. The smallest absolute Gasteiger partial charge is 0.0802 e. The summed E-state index contributed by atoms with van der Waals surface area (Å²) in [6, 6.07) is 0. The van der Waals surface area contributed by atoms with Crippen LogP contribution in [0.5, 0.6) is 0 Å². The zero-order chi connectivity index (χ0) is 10.2. The van der Waals surface area contributed by atoms with Crippen LogP contribution in [0.1, 0.15) is 19.3 Å². The number of aliphatic hydroxyl groups is 1. The predicted octanol–water partition coefficient (Wildman–Crippen LogP) is -0.439. The lowest BCUT2D eigenvalue weighted by atomic mass is 9.72. The number of nitrogens with two attached hydrogens (primary N) is 1. The van der Waals surface area contributed by atoms with E-state index in [9.17, 15) is 5.11 Å². The Balaban J connectivity index is 2.18. The second-order valence-electron chi connectivity index (χ2n) is 4.72. The minimum Gasteiger partial charge on any atom is -0.394 e. The average molecular weight is 200 g/mol. The summed E-state index contributed by atoms with van der Waals surface area (Å²) in [5.41, 5.74) is 5.58. The van der Waals surface area contributed by atoms with Crippen LogP contribution in [0.25, 0.3) is 0 Å². The summed E-state index contributed by atoms with van der Waals surface area (Å²) in [6.07, 6.45) is 3.61. The van der Waals surface area contributed by atoms with Crippen LogP contribution in [0.2, 0.25) is 0 Å². The topological polar surface area (TPSA) is 58.7 Å². The van der Waals surface area contributed by atoms with E-state index in [4.69, 9.17) is 10.5 Å². The van der Waals surface area contributed by atoms with Crippen LogP contribution in [0, 0.1) is 0 Å². The van der Waals surface area contributed by atoms with Gasteiger partial charge in [0.15, 0.2) is 0 Å². The number of ether oxygens (including phenoxy) is 1. The summed E-state index contributed by atoms with van der Waals surface area (Å²) in [7, 11) is 2.07. The SMILES string of the molecule is CN1C2(CCC2)COC[C@]1(CN)CO. The van der Waals surface area contributed by atoms with Crippen molar-refractivity contribution in [2.75, 3.05) is 33.4 Å². The van der Waals surface area contributed by atoms with Crippen LogP contribution in [0.15, 0.2) is 0 Å². The fourth-order valence-corrected chi connectivity index (χ4v) is 2.60. The number of nitrogens with zero attached hydrogens (tertiary/aromatic N) is 1. The van der Waals surface area contributed by atoms with Gasteiger partial charge in [0, 0.05) is 12.1 Å². The first-order valence-electron chi connectivity index (χ1n) is 5.32. The normalized spacial score (nSPS) is 37.1. The van der Waals surface area contributed by atoms with Crippen molar-refractivity contribution in [1.82, 2.24) is 4.90 Å². The molecule has 4 nitrogen and oxygen atoms in total. The molecule has 3 N–H and O–H groups in total. The summed E-state index contributed by atoms with van der Waals surface area (Å²) in [4.78, 5) is 2.27. The first kappa shape index (κ1) is 10.4. The third-order valence-corrected chi connectivity index (χ3v) is 4.12. The van der Waals surface area contributed by atoms with Gasteiger partial charge in [-0.1, -0.05) is 0 Å². The van der Waals surface area contributed by atoms with Gasteiger partial charge in [-0.05, 0) is 26.3 Å². The molecule has 1 spiro atoms. The van der Waals surface area contributed by atoms with Gasteiger partial charge in [0.25, 0.3) is 0 Å². The number of rotatable bonds is 2. The summed E-state index contributed by atoms with van der Waals surface area (Å²) in [5.74, 6) is 0. The van der Waals surface area contributed by atoms with E-state index in [1.165, 1.54) is 19.3 Å². The Morgan fingerprint density at radius 2 is 2.14 bits per heavy atom. The van der Waals surface area contributed by atoms with Gasteiger partial charge < -0.3 is 15.6 Å². The Morgan fingerprint density at radius 1 is 1.43 bits per heavy atom. The number of likely N-dealkylation sites (N-methyl/N-ethyl adjacent to an activating group) is 1. The molecule has 1 aliphatic carbocycles. The fraction of sp³-hybridized carbons (Fsp3) is 1.00. The van der Waals surface area contributed by atoms with E-state index < -0.39 is 0 Å². The Kier molecular flexibility index (Phi) is 2.55. The molecule has 1 saturated heterocycles. The second-order valence-corrected chi connectivity index (χ2v) is 4.72. The van der Waals surface area contributed by atoms with E-state index in [0.717, 1.165) is 6.61 Å². The molecule has 2 aliphatic rings. The number of aliphatic hydroxyl groups excluding tert-OH is 1. The zero-order valence-electron chi connectivity index (χ0n) is 8.83.